The molecule has 2 saturated heterocycles. The Labute approximate surface area is 104 Å². The van der Waals surface area contributed by atoms with E-state index in [1.807, 2.05) is 11.8 Å². The highest BCUT2D eigenvalue weighted by Gasteiger charge is 2.42. The van der Waals surface area contributed by atoms with Gasteiger partial charge in [-0.25, -0.2) is 4.79 Å². The molecular formula is C10H14N2O2S2. The summed E-state index contributed by atoms with van der Waals surface area (Å²) < 4.78 is 0. The van der Waals surface area contributed by atoms with Gasteiger partial charge in [0.25, 0.3) is 0 Å². The van der Waals surface area contributed by atoms with Crippen molar-refractivity contribution in [1.29, 1.82) is 0 Å². The van der Waals surface area contributed by atoms with Gasteiger partial charge in [-0.2, -0.15) is 11.8 Å². The minimum absolute atomic E-state index is 0.0521. The summed E-state index contributed by atoms with van der Waals surface area (Å²) in [6.45, 7) is 0. The van der Waals surface area contributed by atoms with E-state index in [0.29, 0.717) is 16.5 Å². The van der Waals surface area contributed by atoms with Crippen LogP contribution >= 0.6 is 24.0 Å². The van der Waals surface area contributed by atoms with E-state index in [1.54, 1.807) is 0 Å². The second-order valence-corrected chi connectivity index (χ2v) is 5.89. The molecule has 0 bridgehead atoms. The number of thiocarbonyl (C=S) groups is 1. The number of carbonyl (C=O) groups excluding carboxylic acids is 2. The van der Waals surface area contributed by atoms with Crippen molar-refractivity contribution < 1.29 is 9.59 Å². The van der Waals surface area contributed by atoms with E-state index in [2.05, 4.69) is 10.6 Å². The number of rotatable bonds is 5. The minimum atomic E-state index is -0.0521. The predicted octanol–water partition coefficient (Wildman–Crippen LogP) is 0.891. The highest BCUT2D eigenvalue weighted by Crippen LogP contribution is 2.32. The Morgan fingerprint density at radius 1 is 1.56 bits per heavy atom. The third-order valence-electron chi connectivity index (χ3n) is 2.98. The first-order chi connectivity index (χ1) is 7.70. The highest BCUT2D eigenvalue weighted by atomic mass is 32.2. The van der Waals surface area contributed by atoms with Crippen molar-refractivity contribution in [3.63, 3.8) is 0 Å². The van der Waals surface area contributed by atoms with E-state index in [4.69, 9.17) is 12.2 Å². The lowest BCUT2D eigenvalue weighted by molar-refractivity contribution is -0.102. The molecule has 2 fully saturated rings. The van der Waals surface area contributed by atoms with Gasteiger partial charge >= 0.3 is 6.03 Å². The van der Waals surface area contributed by atoms with Crippen LogP contribution in [-0.2, 0) is 4.79 Å². The number of urea groups is 1. The fourth-order valence-corrected chi connectivity index (χ4v) is 3.87. The average Bonchev–Trinajstić information content (AvgIpc) is 2.78. The summed E-state index contributed by atoms with van der Waals surface area (Å²) in [6, 6.07) is 0.478. The Balaban J connectivity index is 1.76. The maximum atomic E-state index is 11.1. The molecule has 2 aliphatic heterocycles. The first-order valence-corrected chi connectivity index (χ1v) is 6.83. The molecule has 2 aliphatic rings. The molecule has 0 saturated carbocycles. The second-order valence-electron chi connectivity index (χ2n) is 4.10. The van der Waals surface area contributed by atoms with Gasteiger partial charge in [0, 0.05) is 11.0 Å². The lowest BCUT2D eigenvalue weighted by Crippen LogP contribution is -2.36. The van der Waals surface area contributed by atoms with E-state index >= 15 is 0 Å². The van der Waals surface area contributed by atoms with Crippen LogP contribution in [0.15, 0.2) is 0 Å². The summed E-state index contributed by atoms with van der Waals surface area (Å²) in [5, 5.41) is 6.30. The molecule has 3 atom stereocenters. The number of hydrogen-bond donors (Lipinski definition) is 2. The Hall–Kier alpha value is -0.620. The van der Waals surface area contributed by atoms with Gasteiger partial charge in [-0.15, -0.1) is 0 Å². The molecule has 88 valence electrons. The third kappa shape index (κ3) is 2.55. The highest BCUT2D eigenvalue weighted by molar-refractivity contribution is 8.00. The Morgan fingerprint density at radius 3 is 3.12 bits per heavy atom. The summed E-state index contributed by atoms with van der Waals surface area (Å²) in [5.74, 6) is 0.978. The van der Waals surface area contributed by atoms with Crippen LogP contribution in [-0.4, -0.2) is 40.3 Å². The van der Waals surface area contributed by atoms with Crippen molar-refractivity contribution in [3.05, 3.63) is 0 Å². The van der Waals surface area contributed by atoms with Crippen LogP contribution in [0.2, 0.25) is 0 Å². The summed E-state index contributed by atoms with van der Waals surface area (Å²) in [5.41, 5.74) is 0. The molecule has 0 unspecified atom stereocenters. The number of nitrogens with one attached hydrogen (secondary N) is 2. The molecule has 2 rings (SSSR count). The normalized spacial score (nSPS) is 31.8. The molecule has 2 heterocycles. The fraction of sp³-hybridized carbons (Fsp3) is 0.700. The first kappa shape index (κ1) is 11.9. The third-order valence-corrected chi connectivity index (χ3v) is 4.79. The monoisotopic (exact) mass is 258 g/mol. The quantitative estimate of drug-likeness (QED) is 0.437. The van der Waals surface area contributed by atoms with Gasteiger partial charge in [0.05, 0.1) is 16.9 Å². The maximum Gasteiger partial charge on any atom is 0.315 e. The van der Waals surface area contributed by atoms with Crippen LogP contribution in [0, 0.1) is 0 Å². The van der Waals surface area contributed by atoms with E-state index in [9.17, 15) is 9.59 Å². The number of hydrogen-bond acceptors (Lipinski definition) is 4. The Bertz CT molecular complexity index is 322. The SMILES string of the molecule is O=CC(=S)CCC[C@@H]1SC[C@@H]2NC(=O)N[C@@H]21. The van der Waals surface area contributed by atoms with Crippen LogP contribution in [0.4, 0.5) is 4.79 Å². The number of thioether (sulfide) groups is 1. The summed E-state index contributed by atoms with van der Waals surface area (Å²) in [4.78, 5) is 22.0. The van der Waals surface area contributed by atoms with Crippen molar-refractivity contribution in [2.45, 2.75) is 36.6 Å². The van der Waals surface area contributed by atoms with Crippen molar-refractivity contribution in [2.24, 2.45) is 0 Å². The topological polar surface area (TPSA) is 58.2 Å². The van der Waals surface area contributed by atoms with Crippen molar-refractivity contribution in [3.8, 4) is 0 Å². The van der Waals surface area contributed by atoms with E-state index in [0.717, 1.165) is 24.9 Å². The van der Waals surface area contributed by atoms with Crippen LogP contribution in [0.5, 0.6) is 0 Å². The van der Waals surface area contributed by atoms with E-state index in [-0.39, 0.29) is 18.1 Å². The fourth-order valence-electron chi connectivity index (χ4n) is 2.18. The second kappa shape index (κ2) is 5.14. The van der Waals surface area contributed by atoms with E-state index < -0.39 is 0 Å². The van der Waals surface area contributed by atoms with Gasteiger partial charge in [-0.3, -0.25) is 4.79 Å². The molecule has 16 heavy (non-hydrogen) atoms. The van der Waals surface area contributed by atoms with Gasteiger partial charge < -0.3 is 10.6 Å². The molecule has 2 amide bonds. The van der Waals surface area contributed by atoms with Crippen LogP contribution < -0.4 is 10.6 Å². The first-order valence-electron chi connectivity index (χ1n) is 5.37. The maximum absolute atomic E-state index is 11.1. The van der Waals surface area contributed by atoms with Gasteiger partial charge in [-0.05, 0) is 19.3 Å². The summed E-state index contributed by atoms with van der Waals surface area (Å²) in [6.07, 6.45) is 3.36. The zero-order valence-corrected chi connectivity index (χ0v) is 10.4. The molecule has 0 aliphatic carbocycles. The van der Waals surface area contributed by atoms with Crippen molar-refractivity contribution in [1.82, 2.24) is 10.6 Å². The number of amides is 2. The molecular weight excluding hydrogens is 244 g/mol. The summed E-state index contributed by atoms with van der Waals surface area (Å²) in [7, 11) is 0. The molecule has 0 aromatic rings. The number of fused-ring (bicyclic) bond motifs is 1. The molecule has 0 spiro atoms. The van der Waals surface area contributed by atoms with Crippen molar-refractivity contribution >= 4 is 41.2 Å². The minimum Gasteiger partial charge on any atom is -0.332 e. The largest absolute Gasteiger partial charge is 0.332 e. The smallest absolute Gasteiger partial charge is 0.315 e. The Morgan fingerprint density at radius 2 is 2.38 bits per heavy atom. The molecule has 0 radical (unpaired) electrons. The van der Waals surface area contributed by atoms with Gasteiger partial charge in [0.2, 0.25) is 0 Å². The zero-order valence-electron chi connectivity index (χ0n) is 8.77. The average molecular weight is 258 g/mol. The molecule has 4 nitrogen and oxygen atoms in total. The predicted molar refractivity (Wildman–Crippen MR) is 68.0 cm³/mol. The Kier molecular flexibility index (Phi) is 3.81. The van der Waals surface area contributed by atoms with Crippen LogP contribution in [0.3, 0.4) is 0 Å². The zero-order chi connectivity index (χ0) is 11.5. The van der Waals surface area contributed by atoms with Gasteiger partial charge in [0.15, 0.2) is 6.29 Å². The van der Waals surface area contributed by atoms with Crippen LogP contribution in [0.1, 0.15) is 19.3 Å². The molecule has 0 aromatic carbocycles. The van der Waals surface area contributed by atoms with E-state index in [1.165, 1.54) is 0 Å². The standard InChI is InChI=1S/C10H14N2O2S2/c13-4-6(15)2-1-3-8-9-7(5-16-8)11-10(14)12-9/h4,7-9H,1-3,5H2,(H2,11,12,14)/t7-,8-,9-/m0/s1. The van der Waals surface area contributed by atoms with Gasteiger partial charge in [-0.1, -0.05) is 12.2 Å². The lowest BCUT2D eigenvalue weighted by atomic mass is 10.0. The van der Waals surface area contributed by atoms with Gasteiger partial charge in [0.1, 0.15) is 0 Å². The number of carbonyl (C=O) groups is 2. The summed E-state index contributed by atoms with van der Waals surface area (Å²) >= 11 is 6.74. The molecule has 0 aromatic heterocycles. The lowest BCUT2D eigenvalue weighted by Gasteiger charge is -2.16. The van der Waals surface area contributed by atoms with Crippen molar-refractivity contribution in [2.75, 3.05) is 5.75 Å². The van der Waals surface area contributed by atoms with Crippen LogP contribution in [0.25, 0.3) is 0 Å². The molecule has 2 N–H and O–H groups in total. The number of aldehydes is 1. The molecule has 6 heteroatoms.